The first-order valence-corrected chi connectivity index (χ1v) is 10.8. The molecule has 1 fully saturated rings. The van der Waals surface area contributed by atoms with Gasteiger partial charge in [0.25, 0.3) is 5.91 Å². The van der Waals surface area contributed by atoms with Crippen molar-refractivity contribution in [3.8, 4) is 0 Å². The molecule has 3 rings (SSSR count). The van der Waals surface area contributed by atoms with E-state index >= 15 is 0 Å². The number of halogens is 5. The average Bonchev–Trinajstić information content (AvgIpc) is 2.69. The molecule has 2 aromatic carbocycles. The van der Waals surface area contributed by atoms with Crippen LogP contribution in [0.4, 0.5) is 18.9 Å². The number of benzene rings is 2. The zero-order valence-corrected chi connectivity index (χ0v) is 17.5. The highest BCUT2D eigenvalue weighted by atomic mass is 35.5. The van der Waals surface area contributed by atoms with Crippen molar-refractivity contribution in [1.29, 1.82) is 0 Å². The minimum Gasteiger partial charge on any atom is -0.379 e. The number of hydrogen-bond acceptors (Lipinski definition) is 4. The van der Waals surface area contributed by atoms with Crippen molar-refractivity contribution >= 4 is 44.8 Å². The number of amides is 1. The van der Waals surface area contributed by atoms with Crippen LogP contribution in [-0.4, -0.2) is 44.9 Å². The van der Waals surface area contributed by atoms with Crippen LogP contribution in [-0.2, 0) is 20.9 Å². The van der Waals surface area contributed by atoms with Gasteiger partial charge in [-0.2, -0.15) is 17.5 Å². The Balaban J connectivity index is 1.90. The fraction of sp³-hybridized carbons (Fsp3) is 0.278. The molecule has 30 heavy (non-hydrogen) atoms. The first-order chi connectivity index (χ1) is 14.0. The SMILES string of the molecule is O=C(Nc1cc(C(F)(F)F)ccc1Cl)c1ccc(Cl)c(S(=O)(=O)N2CCOCC2)c1. The van der Waals surface area contributed by atoms with Crippen molar-refractivity contribution in [2.24, 2.45) is 0 Å². The van der Waals surface area contributed by atoms with E-state index < -0.39 is 27.7 Å². The Bertz CT molecular complexity index is 1070. The number of sulfonamides is 1. The van der Waals surface area contributed by atoms with Crippen LogP contribution in [0.15, 0.2) is 41.3 Å². The number of nitrogens with zero attached hydrogens (tertiary/aromatic N) is 1. The van der Waals surface area contributed by atoms with Gasteiger partial charge >= 0.3 is 6.18 Å². The van der Waals surface area contributed by atoms with Crippen LogP contribution < -0.4 is 5.32 Å². The molecular formula is C18H15Cl2F3N2O4S. The number of alkyl halides is 3. The summed E-state index contributed by atoms with van der Waals surface area (Å²) in [6.07, 6.45) is -4.62. The summed E-state index contributed by atoms with van der Waals surface area (Å²) in [6, 6.07) is 6.06. The lowest BCUT2D eigenvalue weighted by atomic mass is 10.1. The Morgan fingerprint density at radius 1 is 1.03 bits per heavy atom. The van der Waals surface area contributed by atoms with Gasteiger partial charge in [-0.05, 0) is 36.4 Å². The fourth-order valence-electron chi connectivity index (χ4n) is 2.76. The molecule has 0 bridgehead atoms. The molecule has 1 aliphatic rings. The minimum atomic E-state index is -4.62. The predicted octanol–water partition coefficient (Wildman–Crippen LogP) is 4.29. The van der Waals surface area contributed by atoms with Gasteiger partial charge in [0, 0.05) is 18.7 Å². The van der Waals surface area contributed by atoms with Crippen molar-refractivity contribution in [2.45, 2.75) is 11.1 Å². The number of anilines is 1. The molecular weight excluding hydrogens is 468 g/mol. The summed E-state index contributed by atoms with van der Waals surface area (Å²) in [5.74, 6) is -0.841. The Morgan fingerprint density at radius 2 is 1.67 bits per heavy atom. The highest BCUT2D eigenvalue weighted by molar-refractivity contribution is 7.89. The summed E-state index contributed by atoms with van der Waals surface area (Å²) >= 11 is 11.9. The van der Waals surface area contributed by atoms with E-state index in [1.807, 2.05) is 0 Å². The molecule has 0 unspecified atom stereocenters. The van der Waals surface area contributed by atoms with Gasteiger partial charge < -0.3 is 10.1 Å². The molecule has 0 atom stereocenters. The predicted molar refractivity (Wildman–Crippen MR) is 105 cm³/mol. The maximum Gasteiger partial charge on any atom is 0.416 e. The van der Waals surface area contributed by atoms with Crippen LogP contribution in [0.25, 0.3) is 0 Å². The largest absolute Gasteiger partial charge is 0.416 e. The van der Waals surface area contributed by atoms with E-state index in [0.29, 0.717) is 6.07 Å². The Morgan fingerprint density at radius 3 is 2.30 bits per heavy atom. The van der Waals surface area contributed by atoms with Gasteiger partial charge in [-0.15, -0.1) is 0 Å². The van der Waals surface area contributed by atoms with Crippen LogP contribution in [0.2, 0.25) is 10.0 Å². The van der Waals surface area contributed by atoms with Gasteiger partial charge in [-0.25, -0.2) is 8.42 Å². The van der Waals surface area contributed by atoms with Crippen LogP contribution in [0.3, 0.4) is 0 Å². The highest BCUT2D eigenvalue weighted by Gasteiger charge is 2.32. The summed E-state index contributed by atoms with van der Waals surface area (Å²) in [5.41, 5.74) is -1.36. The second kappa shape index (κ2) is 8.72. The lowest BCUT2D eigenvalue weighted by Gasteiger charge is -2.26. The third-order valence-electron chi connectivity index (χ3n) is 4.32. The molecule has 1 N–H and O–H groups in total. The molecule has 1 amide bonds. The molecule has 162 valence electrons. The summed E-state index contributed by atoms with van der Waals surface area (Å²) in [6.45, 7) is 0.722. The number of rotatable bonds is 4. The second-order valence-corrected chi connectivity index (χ2v) is 9.03. The molecule has 12 heteroatoms. The third kappa shape index (κ3) is 4.89. The van der Waals surface area contributed by atoms with Crippen LogP contribution >= 0.6 is 23.2 Å². The quantitative estimate of drug-likeness (QED) is 0.705. The first kappa shape index (κ1) is 22.8. The summed E-state index contributed by atoms with van der Waals surface area (Å²) in [5, 5.41) is 2.08. The molecule has 2 aromatic rings. The average molecular weight is 483 g/mol. The molecule has 0 aliphatic carbocycles. The molecule has 0 radical (unpaired) electrons. The molecule has 0 saturated carbocycles. The van der Waals surface area contributed by atoms with E-state index in [1.165, 1.54) is 16.4 Å². The summed E-state index contributed by atoms with van der Waals surface area (Å²) < 4.78 is 70.8. The second-order valence-electron chi connectivity index (χ2n) is 6.31. The van der Waals surface area contributed by atoms with Crippen molar-refractivity contribution in [1.82, 2.24) is 4.31 Å². The smallest absolute Gasteiger partial charge is 0.379 e. The summed E-state index contributed by atoms with van der Waals surface area (Å²) in [4.78, 5) is 12.3. The molecule has 0 spiro atoms. The lowest BCUT2D eigenvalue weighted by Crippen LogP contribution is -2.40. The summed E-state index contributed by atoms with van der Waals surface area (Å²) in [7, 11) is -3.99. The van der Waals surface area contributed by atoms with Gasteiger partial charge in [-0.3, -0.25) is 4.79 Å². The zero-order valence-electron chi connectivity index (χ0n) is 15.2. The van der Waals surface area contributed by atoms with E-state index in [2.05, 4.69) is 5.32 Å². The molecule has 1 aliphatic heterocycles. The Labute approximate surface area is 180 Å². The third-order valence-corrected chi connectivity index (χ3v) is 7.03. The maximum absolute atomic E-state index is 12.9. The Hall–Kier alpha value is -1.85. The topological polar surface area (TPSA) is 75.7 Å². The van der Waals surface area contributed by atoms with Crippen molar-refractivity contribution < 1.29 is 31.1 Å². The van der Waals surface area contributed by atoms with E-state index in [-0.39, 0.29) is 52.5 Å². The lowest BCUT2D eigenvalue weighted by molar-refractivity contribution is -0.137. The van der Waals surface area contributed by atoms with Gasteiger partial charge in [0.15, 0.2) is 0 Å². The van der Waals surface area contributed by atoms with Crippen molar-refractivity contribution in [3.63, 3.8) is 0 Å². The first-order valence-electron chi connectivity index (χ1n) is 8.55. The number of ether oxygens (including phenoxy) is 1. The van der Waals surface area contributed by atoms with E-state index in [0.717, 1.165) is 18.2 Å². The van der Waals surface area contributed by atoms with E-state index in [1.54, 1.807) is 0 Å². The highest BCUT2D eigenvalue weighted by Crippen LogP contribution is 2.34. The van der Waals surface area contributed by atoms with Gasteiger partial charge in [0.1, 0.15) is 4.90 Å². The van der Waals surface area contributed by atoms with Crippen molar-refractivity contribution in [3.05, 3.63) is 57.6 Å². The number of carbonyl (C=O) groups is 1. The van der Waals surface area contributed by atoms with Gasteiger partial charge in [-0.1, -0.05) is 23.2 Å². The van der Waals surface area contributed by atoms with Gasteiger partial charge in [0.2, 0.25) is 10.0 Å². The van der Waals surface area contributed by atoms with Crippen LogP contribution in [0, 0.1) is 0 Å². The zero-order chi connectivity index (χ0) is 22.1. The monoisotopic (exact) mass is 482 g/mol. The molecule has 1 heterocycles. The normalized spacial score (nSPS) is 15.8. The number of nitrogens with one attached hydrogen (secondary N) is 1. The minimum absolute atomic E-state index is 0.0878. The van der Waals surface area contributed by atoms with E-state index in [4.69, 9.17) is 27.9 Å². The van der Waals surface area contributed by atoms with Gasteiger partial charge in [0.05, 0.1) is 34.5 Å². The standard InChI is InChI=1S/C18H15Cl2F3N2O4S/c19-13-4-2-12(18(21,22)23)10-15(13)24-17(26)11-1-3-14(20)16(9-11)30(27,28)25-5-7-29-8-6-25/h1-4,9-10H,5-8H2,(H,24,26). The number of morpholine rings is 1. The number of hydrogen-bond donors (Lipinski definition) is 1. The maximum atomic E-state index is 12.9. The van der Waals surface area contributed by atoms with Crippen molar-refractivity contribution in [2.75, 3.05) is 31.6 Å². The molecule has 1 saturated heterocycles. The van der Waals surface area contributed by atoms with Crippen LogP contribution in [0.1, 0.15) is 15.9 Å². The molecule has 6 nitrogen and oxygen atoms in total. The fourth-order valence-corrected chi connectivity index (χ4v) is 4.83. The van der Waals surface area contributed by atoms with E-state index in [9.17, 15) is 26.4 Å². The Kier molecular flexibility index (Phi) is 6.63. The molecule has 0 aromatic heterocycles. The van der Waals surface area contributed by atoms with Crippen LogP contribution in [0.5, 0.6) is 0 Å². The number of carbonyl (C=O) groups excluding carboxylic acids is 1.